The van der Waals surface area contributed by atoms with Gasteiger partial charge >= 0.3 is 0 Å². The number of nitrogens with one attached hydrogen (secondary N) is 1. The van der Waals surface area contributed by atoms with E-state index in [1.807, 2.05) is 54.6 Å². The summed E-state index contributed by atoms with van der Waals surface area (Å²) in [5.74, 6) is 0.502. The van der Waals surface area contributed by atoms with E-state index in [0.29, 0.717) is 17.4 Å². The summed E-state index contributed by atoms with van der Waals surface area (Å²) in [7, 11) is 0. The number of halogens is 3. The Morgan fingerprint density at radius 3 is 2.31 bits per heavy atom. The van der Waals surface area contributed by atoms with Crippen LogP contribution in [0.3, 0.4) is 0 Å². The normalized spacial score (nSPS) is 10.9. The van der Waals surface area contributed by atoms with E-state index in [1.54, 1.807) is 18.3 Å². The maximum atomic E-state index is 12.0. The molecule has 0 aliphatic heterocycles. The fraction of sp³-hybridized carbons (Fsp3) is 0.0909. The predicted octanol–water partition coefficient (Wildman–Crippen LogP) is 6.14. The minimum Gasteiger partial charge on any atom is -0.487 e. The third-order valence-corrected chi connectivity index (χ3v) is 5.36. The van der Waals surface area contributed by atoms with Crippen molar-refractivity contribution in [3.05, 3.63) is 97.4 Å². The molecular weight excluding hydrogens is 520 g/mol. The molecule has 0 fully saturated rings. The van der Waals surface area contributed by atoms with Gasteiger partial charge in [0.15, 0.2) is 0 Å². The second kappa shape index (κ2) is 10.6. The number of amides is 1. The molecule has 3 rings (SSSR count). The van der Waals surface area contributed by atoms with Crippen molar-refractivity contribution in [2.75, 3.05) is 0 Å². The van der Waals surface area contributed by atoms with Crippen LogP contribution in [-0.4, -0.2) is 12.1 Å². The zero-order chi connectivity index (χ0) is 20.6. The van der Waals surface area contributed by atoms with E-state index in [1.165, 1.54) is 0 Å². The Morgan fingerprint density at radius 1 is 1.00 bits per heavy atom. The number of carbonyl (C=O) groups excluding carboxylic acids is 1. The molecule has 29 heavy (non-hydrogen) atoms. The van der Waals surface area contributed by atoms with E-state index in [-0.39, 0.29) is 12.3 Å². The summed E-state index contributed by atoms with van der Waals surface area (Å²) in [6.45, 7) is 0.465. The molecule has 0 aliphatic rings. The third kappa shape index (κ3) is 6.70. The van der Waals surface area contributed by atoms with Crippen LogP contribution in [0.25, 0.3) is 0 Å². The second-order valence-electron chi connectivity index (χ2n) is 6.18. The first kappa shape index (κ1) is 21.6. The lowest BCUT2D eigenvalue weighted by molar-refractivity contribution is -0.120. The number of rotatable bonds is 7. The van der Waals surface area contributed by atoms with Crippen molar-refractivity contribution in [1.29, 1.82) is 0 Å². The summed E-state index contributed by atoms with van der Waals surface area (Å²) < 4.78 is 7.49. The number of hydrogen-bond acceptors (Lipinski definition) is 3. The number of hydrazone groups is 1. The van der Waals surface area contributed by atoms with Crippen LogP contribution in [0.5, 0.6) is 5.75 Å². The molecule has 0 aliphatic carbocycles. The van der Waals surface area contributed by atoms with Crippen LogP contribution in [0.15, 0.2) is 80.8 Å². The van der Waals surface area contributed by atoms with Crippen molar-refractivity contribution in [1.82, 2.24) is 5.43 Å². The largest absolute Gasteiger partial charge is 0.487 e. The van der Waals surface area contributed by atoms with Crippen LogP contribution < -0.4 is 10.2 Å². The number of nitrogens with zero attached hydrogens (tertiary/aromatic N) is 1. The van der Waals surface area contributed by atoms with Crippen molar-refractivity contribution < 1.29 is 9.53 Å². The Labute approximate surface area is 191 Å². The van der Waals surface area contributed by atoms with Crippen LogP contribution >= 0.6 is 43.5 Å². The van der Waals surface area contributed by atoms with E-state index in [4.69, 9.17) is 16.3 Å². The highest BCUT2D eigenvalue weighted by molar-refractivity contribution is 9.11. The van der Waals surface area contributed by atoms with Crippen LogP contribution in [0.4, 0.5) is 0 Å². The van der Waals surface area contributed by atoms with Gasteiger partial charge in [0.2, 0.25) is 5.91 Å². The van der Waals surface area contributed by atoms with Crippen molar-refractivity contribution in [2.24, 2.45) is 5.10 Å². The molecule has 0 spiro atoms. The van der Waals surface area contributed by atoms with Crippen LogP contribution in [-0.2, 0) is 17.8 Å². The summed E-state index contributed by atoms with van der Waals surface area (Å²) in [5.41, 5.74) is 5.29. The maximum Gasteiger partial charge on any atom is 0.244 e. The molecule has 0 radical (unpaired) electrons. The maximum absolute atomic E-state index is 12.0. The van der Waals surface area contributed by atoms with Gasteiger partial charge in [0, 0.05) is 5.02 Å². The zero-order valence-electron chi connectivity index (χ0n) is 15.2. The minimum atomic E-state index is -0.204. The predicted molar refractivity (Wildman–Crippen MR) is 124 cm³/mol. The summed E-state index contributed by atoms with van der Waals surface area (Å²) in [5, 5.41) is 4.67. The number of benzene rings is 3. The summed E-state index contributed by atoms with van der Waals surface area (Å²) in [6, 6.07) is 20.8. The quantitative estimate of drug-likeness (QED) is 0.292. The highest BCUT2D eigenvalue weighted by atomic mass is 79.9. The van der Waals surface area contributed by atoms with Crippen molar-refractivity contribution in [3.63, 3.8) is 0 Å². The molecule has 1 amide bonds. The molecule has 0 atom stereocenters. The Morgan fingerprint density at radius 2 is 1.66 bits per heavy atom. The fourth-order valence-corrected chi connectivity index (χ4v) is 4.10. The van der Waals surface area contributed by atoms with Crippen LogP contribution in [0.1, 0.15) is 16.7 Å². The molecular formula is C22H17Br2ClN2O2. The first-order valence-corrected chi connectivity index (χ1v) is 10.7. The number of ether oxygens (including phenoxy) is 1. The third-order valence-electron chi connectivity index (χ3n) is 3.93. The van der Waals surface area contributed by atoms with Crippen molar-refractivity contribution in [3.8, 4) is 5.75 Å². The van der Waals surface area contributed by atoms with Gasteiger partial charge in [0.25, 0.3) is 0 Å². The Kier molecular flexibility index (Phi) is 7.86. The van der Waals surface area contributed by atoms with E-state index in [0.717, 1.165) is 25.6 Å². The highest BCUT2D eigenvalue weighted by Crippen LogP contribution is 2.35. The van der Waals surface area contributed by atoms with Gasteiger partial charge in [-0.3, -0.25) is 4.79 Å². The summed E-state index contributed by atoms with van der Waals surface area (Å²) >= 11 is 12.9. The Hall–Kier alpha value is -2.15. The van der Waals surface area contributed by atoms with Gasteiger partial charge in [-0.25, -0.2) is 5.43 Å². The molecule has 0 aromatic heterocycles. The van der Waals surface area contributed by atoms with E-state index in [2.05, 4.69) is 42.4 Å². The summed E-state index contributed by atoms with van der Waals surface area (Å²) in [6.07, 6.45) is 1.81. The molecule has 7 heteroatoms. The molecule has 4 nitrogen and oxygen atoms in total. The van der Waals surface area contributed by atoms with Gasteiger partial charge in [-0.1, -0.05) is 54.1 Å². The van der Waals surface area contributed by atoms with Gasteiger partial charge in [-0.15, -0.1) is 0 Å². The molecule has 0 heterocycles. The van der Waals surface area contributed by atoms with Crippen LogP contribution in [0.2, 0.25) is 5.02 Å². The lowest BCUT2D eigenvalue weighted by Gasteiger charge is -2.11. The molecule has 0 saturated carbocycles. The highest BCUT2D eigenvalue weighted by Gasteiger charge is 2.09. The van der Waals surface area contributed by atoms with Crippen molar-refractivity contribution >= 4 is 55.6 Å². The molecule has 1 N–H and O–H groups in total. The fourth-order valence-electron chi connectivity index (χ4n) is 2.53. The first-order valence-electron chi connectivity index (χ1n) is 8.73. The molecule has 3 aromatic carbocycles. The lowest BCUT2D eigenvalue weighted by atomic mass is 10.1. The SMILES string of the molecule is O=C(Cc1ccc(Cl)cc1)N/N=C\c1cc(Br)c(OCc2ccccc2)c(Br)c1. The van der Waals surface area contributed by atoms with Crippen LogP contribution in [0, 0.1) is 0 Å². The summed E-state index contributed by atoms with van der Waals surface area (Å²) in [4.78, 5) is 12.0. The van der Waals surface area contributed by atoms with Gasteiger partial charge < -0.3 is 4.74 Å². The Bertz CT molecular complexity index is 986. The van der Waals surface area contributed by atoms with Gasteiger partial charge in [-0.05, 0) is 72.8 Å². The Balaban J connectivity index is 1.57. The molecule has 0 bridgehead atoms. The number of carbonyl (C=O) groups is 1. The monoisotopic (exact) mass is 534 g/mol. The molecule has 0 saturated heterocycles. The number of hydrogen-bond donors (Lipinski definition) is 1. The molecule has 3 aromatic rings. The van der Waals surface area contributed by atoms with E-state index >= 15 is 0 Å². The van der Waals surface area contributed by atoms with Crippen molar-refractivity contribution in [2.45, 2.75) is 13.0 Å². The lowest BCUT2D eigenvalue weighted by Crippen LogP contribution is -2.19. The molecule has 148 valence electrons. The minimum absolute atomic E-state index is 0.204. The zero-order valence-corrected chi connectivity index (χ0v) is 19.2. The second-order valence-corrected chi connectivity index (χ2v) is 8.33. The van der Waals surface area contributed by atoms with E-state index < -0.39 is 0 Å². The topological polar surface area (TPSA) is 50.7 Å². The van der Waals surface area contributed by atoms with Gasteiger partial charge in [-0.2, -0.15) is 5.10 Å². The van der Waals surface area contributed by atoms with Gasteiger partial charge in [0.1, 0.15) is 12.4 Å². The van der Waals surface area contributed by atoms with Gasteiger partial charge in [0.05, 0.1) is 21.6 Å². The molecule has 0 unspecified atom stereocenters. The average molecular weight is 537 g/mol. The standard InChI is InChI=1S/C22H17Br2ClN2O2/c23-19-10-17(11-20(24)22(19)29-14-16-4-2-1-3-5-16)13-26-27-21(28)12-15-6-8-18(25)9-7-15/h1-11,13H,12,14H2,(H,27,28)/b26-13-. The smallest absolute Gasteiger partial charge is 0.244 e. The average Bonchev–Trinajstić information content (AvgIpc) is 2.70. The first-order chi connectivity index (χ1) is 14.0. The van der Waals surface area contributed by atoms with E-state index in [9.17, 15) is 4.79 Å².